The fraction of sp³-hybridized carbons (Fsp3) is 0.333. The van der Waals surface area contributed by atoms with Crippen molar-refractivity contribution in [1.29, 1.82) is 0 Å². The molecule has 0 N–H and O–H groups in total. The third-order valence-corrected chi connectivity index (χ3v) is 8.26. The monoisotopic (exact) mass is 598 g/mol. The van der Waals surface area contributed by atoms with Crippen molar-refractivity contribution < 1.29 is 23.5 Å². The van der Waals surface area contributed by atoms with Crippen LogP contribution in [-0.2, 0) is 22.7 Å². The molecule has 2 atom stereocenters. The van der Waals surface area contributed by atoms with Crippen LogP contribution < -0.4 is 9.64 Å². The Labute approximate surface area is 255 Å². The number of nitrogens with zero attached hydrogens (tertiary/aromatic N) is 6. The SMILES string of the molecule is COC(=O)c1cn([C@@H]2C[C@@H](C(=O)N3CCN(c4ccc(F)cc4)CC3)N(Cc3cccc(OCc4ccccc4)c3)C2)nn1. The number of hydrogen-bond acceptors (Lipinski definition) is 8. The Morgan fingerprint density at radius 2 is 1.68 bits per heavy atom. The second-order valence-electron chi connectivity index (χ2n) is 11.1. The van der Waals surface area contributed by atoms with Crippen molar-refractivity contribution in [3.05, 3.63) is 108 Å². The van der Waals surface area contributed by atoms with Crippen molar-refractivity contribution >= 4 is 17.6 Å². The average Bonchev–Trinajstić information content (AvgIpc) is 3.72. The zero-order chi connectivity index (χ0) is 30.5. The Morgan fingerprint density at radius 1 is 0.932 bits per heavy atom. The summed E-state index contributed by atoms with van der Waals surface area (Å²) in [5, 5.41) is 8.17. The molecule has 1 amide bonds. The largest absolute Gasteiger partial charge is 0.489 e. The molecule has 228 valence electrons. The lowest BCUT2D eigenvalue weighted by Crippen LogP contribution is -2.53. The maximum absolute atomic E-state index is 14.0. The smallest absolute Gasteiger partial charge is 0.360 e. The second kappa shape index (κ2) is 13.3. The molecule has 0 unspecified atom stereocenters. The molecule has 0 spiro atoms. The molecule has 1 aromatic heterocycles. The van der Waals surface area contributed by atoms with E-state index in [1.807, 2.05) is 59.5 Å². The number of piperazine rings is 1. The first-order chi connectivity index (χ1) is 21.5. The zero-order valence-corrected chi connectivity index (χ0v) is 24.6. The van der Waals surface area contributed by atoms with Gasteiger partial charge in [-0.05, 0) is 53.9 Å². The predicted octanol–water partition coefficient (Wildman–Crippen LogP) is 3.95. The number of halogens is 1. The van der Waals surface area contributed by atoms with E-state index in [1.54, 1.807) is 23.0 Å². The van der Waals surface area contributed by atoms with Crippen molar-refractivity contribution in [3.8, 4) is 5.75 Å². The summed E-state index contributed by atoms with van der Waals surface area (Å²) >= 11 is 0. The van der Waals surface area contributed by atoms with Crippen LogP contribution in [-0.4, -0.2) is 82.5 Å². The summed E-state index contributed by atoms with van der Waals surface area (Å²) in [6.07, 6.45) is 2.12. The quantitative estimate of drug-likeness (QED) is 0.268. The summed E-state index contributed by atoms with van der Waals surface area (Å²) in [5.74, 6) is 0.0137. The number of benzene rings is 3. The van der Waals surface area contributed by atoms with Crippen LogP contribution >= 0.6 is 0 Å². The Morgan fingerprint density at radius 3 is 2.43 bits per heavy atom. The first kappa shape index (κ1) is 29.3. The summed E-state index contributed by atoms with van der Waals surface area (Å²) in [5.41, 5.74) is 3.20. The summed E-state index contributed by atoms with van der Waals surface area (Å²) in [7, 11) is 1.31. The highest BCUT2D eigenvalue weighted by Gasteiger charge is 2.41. The molecule has 11 heteroatoms. The maximum atomic E-state index is 14.0. The van der Waals surface area contributed by atoms with Gasteiger partial charge in [0.1, 0.15) is 18.2 Å². The van der Waals surface area contributed by atoms with Gasteiger partial charge in [-0.15, -0.1) is 5.10 Å². The van der Waals surface area contributed by atoms with Gasteiger partial charge in [0.15, 0.2) is 5.69 Å². The number of likely N-dealkylation sites (tertiary alicyclic amines) is 1. The van der Waals surface area contributed by atoms with Crippen LogP contribution in [0.25, 0.3) is 0 Å². The van der Waals surface area contributed by atoms with Gasteiger partial charge < -0.3 is 19.3 Å². The van der Waals surface area contributed by atoms with Crippen molar-refractivity contribution in [1.82, 2.24) is 24.8 Å². The molecular weight excluding hydrogens is 563 g/mol. The van der Waals surface area contributed by atoms with Gasteiger partial charge in [0.25, 0.3) is 0 Å². The molecule has 0 radical (unpaired) electrons. The lowest BCUT2D eigenvalue weighted by molar-refractivity contribution is -0.136. The fourth-order valence-electron chi connectivity index (χ4n) is 5.91. The molecule has 0 bridgehead atoms. The molecule has 0 aliphatic carbocycles. The first-order valence-electron chi connectivity index (χ1n) is 14.8. The van der Waals surface area contributed by atoms with E-state index in [-0.39, 0.29) is 29.5 Å². The molecule has 6 rings (SSSR count). The number of aromatic nitrogens is 3. The molecule has 2 saturated heterocycles. The summed E-state index contributed by atoms with van der Waals surface area (Å²) < 4.78 is 25.9. The lowest BCUT2D eigenvalue weighted by Gasteiger charge is -2.38. The van der Waals surface area contributed by atoms with Crippen LogP contribution in [0.2, 0.25) is 0 Å². The average molecular weight is 599 g/mol. The molecule has 10 nitrogen and oxygen atoms in total. The number of esters is 1. The van der Waals surface area contributed by atoms with Crippen molar-refractivity contribution in [2.75, 3.05) is 44.7 Å². The normalized spacial score (nSPS) is 18.8. The highest BCUT2D eigenvalue weighted by molar-refractivity contribution is 5.86. The van der Waals surface area contributed by atoms with E-state index < -0.39 is 5.97 Å². The Bertz CT molecular complexity index is 1570. The van der Waals surface area contributed by atoms with E-state index in [4.69, 9.17) is 9.47 Å². The summed E-state index contributed by atoms with van der Waals surface area (Å²) in [6, 6.07) is 23.9. The van der Waals surface area contributed by atoms with Gasteiger partial charge in [-0.1, -0.05) is 47.7 Å². The number of ether oxygens (including phenoxy) is 2. The van der Waals surface area contributed by atoms with Gasteiger partial charge in [-0.3, -0.25) is 9.69 Å². The molecule has 2 aliphatic heterocycles. The minimum Gasteiger partial charge on any atom is -0.489 e. The molecule has 4 aromatic rings. The standard InChI is InChI=1S/C33H35FN6O4/c1-43-33(42)30-22-40(36-35-30)28-19-31(32(41)38-16-14-37(15-17-38)27-12-10-26(34)11-13-27)39(21-28)20-25-8-5-9-29(18-25)44-23-24-6-3-2-4-7-24/h2-13,18,22,28,31H,14-17,19-21,23H2,1H3/t28-,31+/m1/s1. The van der Waals surface area contributed by atoms with Crippen LogP contribution in [0.3, 0.4) is 0 Å². The molecule has 2 aliphatic rings. The number of amides is 1. The highest BCUT2D eigenvalue weighted by Crippen LogP contribution is 2.31. The molecule has 3 aromatic carbocycles. The van der Waals surface area contributed by atoms with Crippen LogP contribution in [0.4, 0.5) is 10.1 Å². The van der Waals surface area contributed by atoms with Crippen LogP contribution in [0.5, 0.6) is 5.75 Å². The van der Waals surface area contributed by atoms with E-state index in [0.29, 0.717) is 52.3 Å². The topological polar surface area (TPSA) is 93.0 Å². The minimum atomic E-state index is -0.551. The van der Waals surface area contributed by atoms with Gasteiger partial charge in [0.05, 0.1) is 25.4 Å². The van der Waals surface area contributed by atoms with Crippen molar-refractivity contribution in [3.63, 3.8) is 0 Å². The molecule has 0 saturated carbocycles. The van der Waals surface area contributed by atoms with Crippen molar-refractivity contribution in [2.24, 2.45) is 0 Å². The van der Waals surface area contributed by atoms with Gasteiger partial charge in [0, 0.05) is 45.0 Å². The van der Waals surface area contributed by atoms with Crippen LogP contribution in [0.1, 0.15) is 34.1 Å². The van der Waals surface area contributed by atoms with E-state index in [2.05, 4.69) is 20.1 Å². The van der Waals surface area contributed by atoms with Gasteiger partial charge in [0.2, 0.25) is 5.91 Å². The summed E-state index contributed by atoms with van der Waals surface area (Å²) in [4.78, 5) is 32.3. The Hall–Kier alpha value is -4.77. The maximum Gasteiger partial charge on any atom is 0.360 e. The molecule has 44 heavy (non-hydrogen) atoms. The van der Waals surface area contributed by atoms with E-state index >= 15 is 0 Å². The highest BCUT2D eigenvalue weighted by atomic mass is 19.1. The number of rotatable bonds is 9. The van der Waals surface area contributed by atoms with E-state index in [9.17, 15) is 14.0 Å². The van der Waals surface area contributed by atoms with Gasteiger partial charge in [-0.25, -0.2) is 13.9 Å². The number of anilines is 1. The summed E-state index contributed by atoms with van der Waals surface area (Å²) in [6.45, 7) is 4.05. The minimum absolute atomic E-state index is 0.0658. The van der Waals surface area contributed by atoms with Crippen LogP contribution in [0.15, 0.2) is 85.1 Å². The van der Waals surface area contributed by atoms with E-state index in [1.165, 1.54) is 19.2 Å². The number of hydrogen-bond donors (Lipinski definition) is 0. The van der Waals surface area contributed by atoms with Crippen LogP contribution in [0, 0.1) is 5.82 Å². The lowest BCUT2D eigenvalue weighted by atomic mass is 10.1. The fourth-order valence-corrected chi connectivity index (χ4v) is 5.91. The number of methoxy groups -OCH3 is 1. The van der Waals surface area contributed by atoms with E-state index in [0.717, 1.165) is 22.6 Å². The van der Waals surface area contributed by atoms with Gasteiger partial charge >= 0.3 is 5.97 Å². The number of carbonyl (C=O) groups is 2. The van der Waals surface area contributed by atoms with Gasteiger partial charge in [-0.2, -0.15) is 0 Å². The molecule has 2 fully saturated rings. The predicted molar refractivity (Wildman–Crippen MR) is 162 cm³/mol. The zero-order valence-electron chi connectivity index (χ0n) is 24.6. The third-order valence-electron chi connectivity index (χ3n) is 8.26. The Kier molecular flexibility index (Phi) is 8.83. The van der Waals surface area contributed by atoms with Crippen molar-refractivity contribution in [2.45, 2.75) is 31.7 Å². The third kappa shape index (κ3) is 6.73. The second-order valence-corrected chi connectivity index (χ2v) is 11.1. The Balaban J connectivity index is 1.16. The molecular formula is C33H35FN6O4. The first-order valence-corrected chi connectivity index (χ1v) is 14.8. The molecule has 3 heterocycles. The number of carbonyl (C=O) groups excluding carboxylic acids is 2.